The van der Waals surface area contributed by atoms with Crippen LogP contribution in [0.3, 0.4) is 0 Å². The van der Waals surface area contributed by atoms with Gasteiger partial charge in [0.15, 0.2) is 0 Å². The summed E-state index contributed by atoms with van der Waals surface area (Å²) in [6, 6.07) is 13.9. The highest BCUT2D eigenvalue weighted by Crippen LogP contribution is 2.26. The third kappa shape index (κ3) is 6.30. The molecule has 144 valence electrons. The monoisotopic (exact) mass is 368 g/mol. The van der Waals surface area contributed by atoms with Crippen LogP contribution in [-0.4, -0.2) is 22.4 Å². The average molecular weight is 368 g/mol. The lowest BCUT2D eigenvalue weighted by Gasteiger charge is -2.15. The van der Waals surface area contributed by atoms with Gasteiger partial charge in [-0.2, -0.15) is 0 Å². The highest BCUT2D eigenvalue weighted by molar-refractivity contribution is 5.29. The fourth-order valence-electron chi connectivity index (χ4n) is 2.75. The lowest BCUT2D eigenvalue weighted by Crippen LogP contribution is -2.03. The molecule has 0 spiro atoms. The maximum Gasteiger partial charge on any atom is 0.118 e. The van der Waals surface area contributed by atoms with Crippen molar-refractivity contribution in [2.24, 2.45) is 5.92 Å². The molecule has 2 aromatic carbocycles. The van der Waals surface area contributed by atoms with Crippen LogP contribution in [0, 0.1) is 5.92 Å². The molecule has 0 aliphatic carbocycles. The van der Waals surface area contributed by atoms with E-state index in [9.17, 15) is 15.3 Å². The van der Waals surface area contributed by atoms with Crippen LogP contribution in [-0.2, 0) is 0 Å². The summed E-state index contributed by atoms with van der Waals surface area (Å²) < 4.78 is 5.15. The van der Waals surface area contributed by atoms with E-state index in [1.54, 1.807) is 31.4 Å². The molecule has 0 aliphatic heterocycles. The van der Waals surface area contributed by atoms with Crippen LogP contribution in [0.15, 0.2) is 65.9 Å². The molecule has 2 rings (SSSR count). The van der Waals surface area contributed by atoms with Gasteiger partial charge < -0.3 is 20.1 Å². The Morgan fingerprint density at radius 1 is 0.963 bits per heavy atom. The zero-order valence-electron chi connectivity index (χ0n) is 16.1. The minimum absolute atomic E-state index is 0.177. The molecule has 0 fully saturated rings. The summed E-state index contributed by atoms with van der Waals surface area (Å²) in [7, 11) is 1.61. The third-order valence-corrected chi connectivity index (χ3v) is 4.52. The number of hydrogen-bond acceptors (Lipinski definition) is 4. The van der Waals surface area contributed by atoms with Crippen molar-refractivity contribution in [3.05, 3.63) is 77.0 Å². The van der Waals surface area contributed by atoms with Gasteiger partial charge in [-0.05, 0) is 53.0 Å². The molecule has 27 heavy (non-hydrogen) atoms. The van der Waals surface area contributed by atoms with E-state index < -0.39 is 12.2 Å². The van der Waals surface area contributed by atoms with Gasteiger partial charge in [0, 0.05) is 12.8 Å². The van der Waals surface area contributed by atoms with Crippen LogP contribution in [0.25, 0.3) is 0 Å². The molecule has 0 bridgehead atoms. The van der Waals surface area contributed by atoms with Crippen molar-refractivity contribution in [3.8, 4) is 11.5 Å². The van der Waals surface area contributed by atoms with E-state index in [2.05, 4.69) is 19.6 Å². The van der Waals surface area contributed by atoms with Gasteiger partial charge in [0.05, 0.1) is 19.3 Å². The summed E-state index contributed by atoms with van der Waals surface area (Å²) in [5.74, 6) is 1.17. The molecular formula is C23H28O4. The standard InChI is InChI=1S/C23H28O4/c1-16(2)19(15-23(26)18-9-13-21(27-3)14-10-18)5-4-6-22(25)17-7-11-20(24)12-8-17/h4,7-14,16,22-26H,6,15H2,1-3H3/t5?,22-,23-/m1/s1. The molecule has 0 saturated heterocycles. The highest BCUT2D eigenvalue weighted by Gasteiger charge is 2.13. The third-order valence-electron chi connectivity index (χ3n) is 4.52. The topological polar surface area (TPSA) is 69.9 Å². The summed E-state index contributed by atoms with van der Waals surface area (Å²) >= 11 is 0. The molecule has 0 heterocycles. The first kappa shape index (κ1) is 20.8. The van der Waals surface area contributed by atoms with E-state index >= 15 is 0 Å². The van der Waals surface area contributed by atoms with Crippen molar-refractivity contribution in [1.29, 1.82) is 0 Å². The van der Waals surface area contributed by atoms with Gasteiger partial charge in [-0.25, -0.2) is 0 Å². The van der Waals surface area contributed by atoms with Gasteiger partial charge in [0.25, 0.3) is 0 Å². The number of rotatable bonds is 8. The smallest absolute Gasteiger partial charge is 0.118 e. The molecule has 0 amide bonds. The Morgan fingerprint density at radius 3 is 2.07 bits per heavy atom. The number of benzene rings is 2. The van der Waals surface area contributed by atoms with E-state index in [4.69, 9.17) is 4.74 Å². The Hall–Kier alpha value is -2.52. The SMILES string of the molecule is COc1ccc([C@H](O)CC(=C=CC[C@@H](O)c2ccc(O)cc2)C(C)C)cc1. The maximum atomic E-state index is 10.5. The molecule has 0 aliphatic rings. The first-order valence-corrected chi connectivity index (χ1v) is 9.13. The fraction of sp³-hybridized carbons (Fsp3) is 0.348. The Balaban J connectivity index is 2.05. The van der Waals surface area contributed by atoms with Gasteiger partial charge in [-0.3, -0.25) is 0 Å². The molecular weight excluding hydrogens is 340 g/mol. The van der Waals surface area contributed by atoms with E-state index in [-0.39, 0.29) is 11.7 Å². The number of aliphatic hydroxyl groups is 2. The molecule has 0 unspecified atom stereocenters. The van der Waals surface area contributed by atoms with Crippen LogP contribution in [0.1, 0.15) is 50.0 Å². The second-order valence-corrected chi connectivity index (χ2v) is 6.86. The molecule has 2 atom stereocenters. The zero-order valence-corrected chi connectivity index (χ0v) is 16.1. The van der Waals surface area contributed by atoms with Crippen molar-refractivity contribution in [2.45, 2.75) is 38.9 Å². The first-order chi connectivity index (χ1) is 12.9. The fourth-order valence-corrected chi connectivity index (χ4v) is 2.75. The number of phenols is 1. The molecule has 4 nitrogen and oxygen atoms in total. The molecule has 0 radical (unpaired) electrons. The predicted molar refractivity (Wildman–Crippen MR) is 107 cm³/mol. The largest absolute Gasteiger partial charge is 0.508 e. The quantitative estimate of drug-likeness (QED) is 0.592. The molecule has 4 heteroatoms. The number of aromatic hydroxyl groups is 1. The minimum Gasteiger partial charge on any atom is -0.508 e. The second kappa shape index (κ2) is 9.98. The Morgan fingerprint density at radius 2 is 1.52 bits per heavy atom. The van der Waals surface area contributed by atoms with E-state index in [0.717, 1.165) is 22.4 Å². The van der Waals surface area contributed by atoms with E-state index in [1.165, 1.54) is 0 Å². The van der Waals surface area contributed by atoms with Crippen LogP contribution < -0.4 is 4.74 Å². The highest BCUT2D eigenvalue weighted by atomic mass is 16.5. The van der Waals surface area contributed by atoms with Crippen molar-refractivity contribution in [3.63, 3.8) is 0 Å². The second-order valence-electron chi connectivity index (χ2n) is 6.86. The number of ether oxygens (including phenoxy) is 1. The average Bonchev–Trinajstić information content (AvgIpc) is 2.67. The van der Waals surface area contributed by atoms with Crippen LogP contribution >= 0.6 is 0 Å². The summed E-state index contributed by atoms with van der Waals surface area (Å²) in [5.41, 5.74) is 5.83. The summed E-state index contributed by atoms with van der Waals surface area (Å²) in [6.45, 7) is 4.13. The van der Waals surface area contributed by atoms with Gasteiger partial charge >= 0.3 is 0 Å². The molecule has 3 N–H and O–H groups in total. The Bertz CT molecular complexity index is 769. The minimum atomic E-state index is -0.655. The maximum absolute atomic E-state index is 10.5. The number of phenolic OH excluding ortho intramolecular Hbond substituents is 1. The van der Waals surface area contributed by atoms with Crippen molar-refractivity contribution >= 4 is 0 Å². The lowest BCUT2D eigenvalue weighted by molar-refractivity contribution is 0.175. The number of aliphatic hydroxyl groups excluding tert-OH is 2. The van der Waals surface area contributed by atoms with Crippen molar-refractivity contribution < 1.29 is 20.1 Å². The van der Waals surface area contributed by atoms with Gasteiger partial charge in [0.1, 0.15) is 11.5 Å². The van der Waals surface area contributed by atoms with Gasteiger partial charge in [0.2, 0.25) is 0 Å². The number of hydrogen-bond donors (Lipinski definition) is 3. The van der Waals surface area contributed by atoms with E-state index in [1.807, 2.05) is 30.3 Å². The van der Waals surface area contributed by atoms with Crippen LogP contribution in [0.5, 0.6) is 11.5 Å². The lowest BCUT2D eigenvalue weighted by atomic mass is 9.94. The first-order valence-electron chi connectivity index (χ1n) is 9.13. The molecule has 2 aromatic rings. The van der Waals surface area contributed by atoms with E-state index in [0.29, 0.717) is 12.8 Å². The van der Waals surface area contributed by atoms with Gasteiger partial charge in [-0.15, -0.1) is 5.73 Å². The van der Waals surface area contributed by atoms with Crippen LogP contribution in [0.2, 0.25) is 0 Å². The Labute approximate surface area is 161 Å². The van der Waals surface area contributed by atoms with Gasteiger partial charge in [-0.1, -0.05) is 38.1 Å². The molecule has 0 aromatic heterocycles. The normalized spacial score (nSPS) is 13.0. The number of methoxy groups -OCH3 is 1. The Kier molecular flexibility index (Phi) is 7.68. The van der Waals surface area contributed by atoms with Crippen molar-refractivity contribution in [2.75, 3.05) is 7.11 Å². The predicted octanol–water partition coefficient (Wildman–Crippen LogP) is 4.69. The van der Waals surface area contributed by atoms with Crippen LogP contribution in [0.4, 0.5) is 0 Å². The molecule has 0 saturated carbocycles. The van der Waals surface area contributed by atoms with Crippen molar-refractivity contribution in [1.82, 2.24) is 0 Å². The summed E-state index contributed by atoms with van der Waals surface area (Å²) in [4.78, 5) is 0. The summed E-state index contributed by atoms with van der Waals surface area (Å²) in [6.07, 6.45) is 1.44. The zero-order chi connectivity index (χ0) is 19.8. The summed E-state index contributed by atoms with van der Waals surface area (Å²) in [5, 5.41) is 30.1.